The van der Waals surface area contributed by atoms with Crippen molar-refractivity contribution in [1.82, 2.24) is 4.90 Å². The van der Waals surface area contributed by atoms with E-state index in [1.165, 1.54) is 0 Å². The molecule has 1 heterocycles. The number of carbonyl (C=O) groups is 1. The summed E-state index contributed by atoms with van der Waals surface area (Å²) in [6.45, 7) is 0. The molecule has 0 radical (unpaired) electrons. The van der Waals surface area contributed by atoms with Crippen LogP contribution in [0.4, 0.5) is 11.4 Å². The van der Waals surface area contributed by atoms with Crippen LogP contribution in [0, 0.1) is 0 Å². The highest BCUT2D eigenvalue weighted by atomic mass is 16.5. The fraction of sp³-hybridized carbons (Fsp3) is 0.167. The van der Waals surface area contributed by atoms with Gasteiger partial charge in [0.15, 0.2) is 0 Å². The SMILES string of the molecule is COc1ccc(N2C(=O)/C(=C\N(C)C)c3ccccc32)cc1. The Balaban J connectivity index is 2.10. The first-order valence-electron chi connectivity index (χ1n) is 7.08. The molecule has 22 heavy (non-hydrogen) atoms. The van der Waals surface area contributed by atoms with E-state index in [1.807, 2.05) is 73.7 Å². The Bertz CT molecular complexity index is 733. The standard InChI is InChI=1S/C18H18N2O2/c1-19(2)12-16-15-6-4-5-7-17(15)20(18(16)21)13-8-10-14(22-3)11-9-13/h4-12H,1-3H3/b16-12-. The average Bonchev–Trinajstić information content (AvgIpc) is 2.80. The minimum absolute atomic E-state index is 0.0138. The summed E-state index contributed by atoms with van der Waals surface area (Å²) in [5.74, 6) is 0.757. The zero-order chi connectivity index (χ0) is 15.7. The molecule has 112 valence electrons. The fourth-order valence-electron chi connectivity index (χ4n) is 2.61. The molecule has 0 saturated carbocycles. The molecular weight excluding hydrogens is 276 g/mol. The number of para-hydroxylation sites is 1. The van der Waals surface area contributed by atoms with E-state index in [2.05, 4.69) is 0 Å². The highest BCUT2D eigenvalue weighted by Gasteiger charge is 2.33. The number of hydrogen-bond acceptors (Lipinski definition) is 3. The lowest BCUT2D eigenvalue weighted by Gasteiger charge is -2.17. The van der Waals surface area contributed by atoms with Crippen LogP contribution in [0.1, 0.15) is 5.56 Å². The van der Waals surface area contributed by atoms with E-state index >= 15 is 0 Å². The highest BCUT2D eigenvalue weighted by molar-refractivity contribution is 6.34. The molecule has 0 N–H and O–H groups in total. The van der Waals surface area contributed by atoms with Crippen molar-refractivity contribution >= 4 is 22.9 Å². The van der Waals surface area contributed by atoms with Gasteiger partial charge in [0.1, 0.15) is 5.75 Å². The molecule has 4 nitrogen and oxygen atoms in total. The van der Waals surface area contributed by atoms with Gasteiger partial charge in [-0.2, -0.15) is 0 Å². The van der Waals surface area contributed by atoms with Gasteiger partial charge in [-0.3, -0.25) is 9.69 Å². The number of ether oxygens (including phenoxy) is 1. The Morgan fingerprint density at radius 3 is 2.36 bits per heavy atom. The van der Waals surface area contributed by atoms with Crippen molar-refractivity contribution in [3.05, 3.63) is 60.3 Å². The van der Waals surface area contributed by atoms with E-state index in [4.69, 9.17) is 4.74 Å². The molecule has 1 aliphatic heterocycles. The Morgan fingerprint density at radius 1 is 1.05 bits per heavy atom. The van der Waals surface area contributed by atoms with Crippen LogP contribution >= 0.6 is 0 Å². The van der Waals surface area contributed by atoms with Crippen LogP contribution in [0.5, 0.6) is 5.75 Å². The molecule has 0 aromatic heterocycles. The van der Waals surface area contributed by atoms with Crippen LogP contribution in [0.25, 0.3) is 5.57 Å². The van der Waals surface area contributed by atoms with Crippen molar-refractivity contribution in [2.75, 3.05) is 26.1 Å². The zero-order valence-electron chi connectivity index (χ0n) is 12.9. The third-order valence-corrected chi connectivity index (χ3v) is 3.59. The summed E-state index contributed by atoms with van der Waals surface area (Å²) in [5.41, 5.74) is 3.40. The summed E-state index contributed by atoms with van der Waals surface area (Å²) in [5, 5.41) is 0. The van der Waals surface area contributed by atoms with Crippen LogP contribution < -0.4 is 9.64 Å². The quantitative estimate of drug-likeness (QED) is 0.814. The summed E-state index contributed by atoms with van der Waals surface area (Å²) in [6, 6.07) is 15.4. The van der Waals surface area contributed by atoms with Crippen molar-refractivity contribution in [2.24, 2.45) is 0 Å². The van der Waals surface area contributed by atoms with E-state index in [-0.39, 0.29) is 5.91 Å². The van der Waals surface area contributed by atoms with E-state index in [0.29, 0.717) is 5.57 Å². The Morgan fingerprint density at radius 2 is 1.73 bits per heavy atom. The van der Waals surface area contributed by atoms with Crippen molar-refractivity contribution in [1.29, 1.82) is 0 Å². The number of carbonyl (C=O) groups excluding carboxylic acids is 1. The van der Waals surface area contributed by atoms with Gasteiger partial charge in [-0.25, -0.2) is 0 Å². The monoisotopic (exact) mass is 294 g/mol. The third-order valence-electron chi connectivity index (χ3n) is 3.59. The molecule has 4 heteroatoms. The van der Waals surface area contributed by atoms with Crippen molar-refractivity contribution in [2.45, 2.75) is 0 Å². The van der Waals surface area contributed by atoms with Crippen LogP contribution in [0.15, 0.2) is 54.7 Å². The summed E-state index contributed by atoms with van der Waals surface area (Å²) in [7, 11) is 5.46. The first-order valence-corrected chi connectivity index (χ1v) is 7.08. The van der Waals surface area contributed by atoms with Gasteiger partial charge in [0, 0.05) is 31.5 Å². The van der Waals surface area contributed by atoms with E-state index in [0.717, 1.165) is 22.7 Å². The van der Waals surface area contributed by atoms with Crippen LogP contribution in [0.3, 0.4) is 0 Å². The number of rotatable bonds is 3. The maximum absolute atomic E-state index is 12.9. The van der Waals surface area contributed by atoms with Gasteiger partial charge in [-0.05, 0) is 30.3 Å². The van der Waals surface area contributed by atoms with Crippen LogP contribution in [-0.4, -0.2) is 32.0 Å². The molecule has 0 bridgehead atoms. The molecule has 1 aliphatic rings. The topological polar surface area (TPSA) is 32.8 Å². The summed E-state index contributed by atoms with van der Waals surface area (Å²) in [4.78, 5) is 16.5. The van der Waals surface area contributed by atoms with Gasteiger partial charge >= 0.3 is 0 Å². The van der Waals surface area contributed by atoms with Gasteiger partial charge in [0.25, 0.3) is 5.91 Å². The molecule has 0 aliphatic carbocycles. The fourth-order valence-corrected chi connectivity index (χ4v) is 2.61. The van der Waals surface area contributed by atoms with Crippen molar-refractivity contribution < 1.29 is 9.53 Å². The largest absolute Gasteiger partial charge is 0.497 e. The summed E-state index contributed by atoms with van der Waals surface area (Å²) in [6.07, 6.45) is 1.87. The lowest BCUT2D eigenvalue weighted by Crippen LogP contribution is -2.21. The van der Waals surface area contributed by atoms with Crippen molar-refractivity contribution in [3.63, 3.8) is 0 Å². The minimum Gasteiger partial charge on any atom is -0.497 e. The molecule has 0 spiro atoms. The Hall–Kier alpha value is -2.75. The van der Waals surface area contributed by atoms with Gasteiger partial charge in [0.05, 0.1) is 18.4 Å². The minimum atomic E-state index is -0.0138. The van der Waals surface area contributed by atoms with Gasteiger partial charge in [0.2, 0.25) is 0 Å². The average molecular weight is 294 g/mol. The lowest BCUT2D eigenvalue weighted by molar-refractivity contribution is -0.112. The Kier molecular flexibility index (Phi) is 3.59. The second-order valence-corrected chi connectivity index (χ2v) is 5.36. The number of benzene rings is 2. The second kappa shape index (κ2) is 5.56. The normalized spacial score (nSPS) is 15.1. The number of hydrogen-bond donors (Lipinski definition) is 0. The molecule has 3 rings (SSSR count). The van der Waals surface area contributed by atoms with Crippen LogP contribution in [0.2, 0.25) is 0 Å². The van der Waals surface area contributed by atoms with Gasteiger partial charge in [-0.15, -0.1) is 0 Å². The first-order chi connectivity index (χ1) is 10.6. The van der Waals surface area contributed by atoms with Gasteiger partial charge in [-0.1, -0.05) is 18.2 Å². The smallest absolute Gasteiger partial charge is 0.265 e. The molecular formula is C18H18N2O2. The zero-order valence-corrected chi connectivity index (χ0v) is 12.9. The number of fused-ring (bicyclic) bond motifs is 1. The van der Waals surface area contributed by atoms with E-state index in [9.17, 15) is 4.79 Å². The van der Waals surface area contributed by atoms with Gasteiger partial charge < -0.3 is 9.64 Å². The molecule has 0 unspecified atom stereocenters. The number of methoxy groups -OCH3 is 1. The molecule has 2 aromatic rings. The molecule has 2 aromatic carbocycles. The summed E-state index contributed by atoms with van der Waals surface area (Å²) < 4.78 is 5.18. The molecule has 1 amide bonds. The van der Waals surface area contributed by atoms with E-state index < -0.39 is 0 Å². The number of amides is 1. The second-order valence-electron chi connectivity index (χ2n) is 5.36. The predicted octanol–water partition coefficient (Wildman–Crippen LogP) is 3.28. The lowest BCUT2D eigenvalue weighted by atomic mass is 10.1. The van der Waals surface area contributed by atoms with Crippen LogP contribution in [-0.2, 0) is 4.79 Å². The number of anilines is 2. The predicted molar refractivity (Wildman–Crippen MR) is 88.2 cm³/mol. The first kappa shape index (κ1) is 14.2. The third kappa shape index (κ3) is 2.33. The summed E-state index contributed by atoms with van der Waals surface area (Å²) >= 11 is 0. The number of nitrogens with zero attached hydrogens (tertiary/aromatic N) is 2. The maximum atomic E-state index is 12.9. The van der Waals surface area contributed by atoms with Crippen molar-refractivity contribution in [3.8, 4) is 5.75 Å². The Labute approximate surface area is 130 Å². The molecule has 0 fully saturated rings. The maximum Gasteiger partial charge on any atom is 0.265 e. The van der Waals surface area contributed by atoms with E-state index in [1.54, 1.807) is 12.0 Å². The highest BCUT2D eigenvalue weighted by Crippen LogP contribution is 2.41. The molecule has 0 atom stereocenters. The molecule has 0 saturated heterocycles.